The zero-order valence-electron chi connectivity index (χ0n) is 12.7. The summed E-state index contributed by atoms with van der Waals surface area (Å²) in [6.45, 7) is 9.54. The number of Topliss-reactive ketones (excluding diaryl/α,β-unsaturated/α-hetero) is 1. The Balaban J connectivity index is 1.75. The highest BCUT2D eigenvalue weighted by molar-refractivity contribution is 5.79. The first kappa shape index (κ1) is 15.0. The van der Waals surface area contributed by atoms with E-state index in [4.69, 9.17) is 0 Å². The van der Waals surface area contributed by atoms with Crippen LogP contribution in [0.15, 0.2) is 0 Å². The standard InChI is InChI=1S/C16H30N2O/c1-3-4-5-10-17-11-12-18(14(2)13-17)15-6-8-16(19)9-7-15/h14-15H,3-13H2,1-2H3. The third kappa shape index (κ3) is 4.28. The first-order valence-electron chi connectivity index (χ1n) is 8.20. The van der Waals surface area contributed by atoms with E-state index in [1.165, 1.54) is 45.4 Å². The summed E-state index contributed by atoms with van der Waals surface area (Å²) >= 11 is 0. The molecule has 3 heteroatoms. The minimum absolute atomic E-state index is 0.474. The van der Waals surface area contributed by atoms with Crippen LogP contribution in [0.5, 0.6) is 0 Å². The molecule has 0 aromatic rings. The maximum absolute atomic E-state index is 11.3. The van der Waals surface area contributed by atoms with E-state index in [0.717, 1.165) is 25.7 Å². The molecule has 1 atom stereocenters. The van der Waals surface area contributed by atoms with Crippen LogP contribution in [-0.4, -0.2) is 53.8 Å². The number of carbonyl (C=O) groups is 1. The van der Waals surface area contributed by atoms with Crippen molar-refractivity contribution in [1.82, 2.24) is 9.80 Å². The molecule has 1 aliphatic carbocycles. The van der Waals surface area contributed by atoms with Crippen molar-refractivity contribution in [1.29, 1.82) is 0 Å². The molecule has 3 nitrogen and oxygen atoms in total. The summed E-state index contributed by atoms with van der Waals surface area (Å²) in [7, 11) is 0. The molecule has 1 aliphatic heterocycles. The summed E-state index contributed by atoms with van der Waals surface area (Å²) in [5.74, 6) is 0.474. The lowest BCUT2D eigenvalue weighted by Gasteiger charge is -2.45. The molecule has 0 amide bonds. The summed E-state index contributed by atoms with van der Waals surface area (Å²) in [6, 6.07) is 1.33. The van der Waals surface area contributed by atoms with Gasteiger partial charge in [-0.15, -0.1) is 0 Å². The SMILES string of the molecule is CCCCCN1CCN(C2CCC(=O)CC2)C(C)C1. The van der Waals surface area contributed by atoms with E-state index < -0.39 is 0 Å². The van der Waals surface area contributed by atoms with Crippen LogP contribution < -0.4 is 0 Å². The Morgan fingerprint density at radius 3 is 2.53 bits per heavy atom. The van der Waals surface area contributed by atoms with Gasteiger partial charge in [-0.3, -0.25) is 9.69 Å². The molecular weight excluding hydrogens is 236 g/mol. The Morgan fingerprint density at radius 1 is 1.16 bits per heavy atom. The van der Waals surface area contributed by atoms with Gasteiger partial charge in [0.2, 0.25) is 0 Å². The number of piperazine rings is 1. The van der Waals surface area contributed by atoms with Crippen LogP contribution in [0.2, 0.25) is 0 Å². The summed E-state index contributed by atoms with van der Waals surface area (Å²) in [6.07, 6.45) is 7.84. The lowest BCUT2D eigenvalue weighted by atomic mass is 9.91. The van der Waals surface area contributed by atoms with Gasteiger partial charge < -0.3 is 4.90 Å². The predicted octanol–water partition coefficient (Wildman–Crippen LogP) is 2.69. The molecule has 2 fully saturated rings. The number of rotatable bonds is 5. The van der Waals surface area contributed by atoms with Crippen LogP contribution in [-0.2, 0) is 4.79 Å². The van der Waals surface area contributed by atoms with Gasteiger partial charge >= 0.3 is 0 Å². The van der Waals surface area contributed by atoms with Gasteiger partial charge in [-0.1, -0.05) is 19.8 Å². The predicted molar refractivity (Wildman–Crippen MR) is 79.4 cm³/mol. The van der Waals surface area contributed by atoms with Crippen LogP contribution in [0.25, 0.3) is 0 Å². The fourth-order valence-corrected chi connectivity index (χ4v) is 3.63. The maximum atomic E-state index is 11.3. The van der Waals surface area contributed by atoms with Crippen LogP contribution in [0.3, 0.4) is 0 Å². The van der Waals surface area contributed by atoms with Crippen LogP contribution in [0.4, 0.5) is 0 Å². The average molecular weight is 266 g/mol. The monoisotopic (exact) mass is 266 g/mol. The zero-order chi connectivity index (χ0) is 13.7. The molecule has 0 spiro atoms. The summed E-state index contributed by atoms with van der Waals surface area (Å²) in [5.41, 5.74) is 0. The molecule has 2 aliphatic rings. The minimum atomic E-state index is 0.474. The molecule has 0 aromatic carbocycles. The topological polar surface area (TPSA) is 23.6 Å². The molecular formula is C16H30N2O. The molecule has 2 rings (SSSR count). The van der Waals surface area contributed by atoms with Crippen molar-refractivity contribution in [3.8, 4) is 0 Å². The number of ketones is 1. The largest absolute Gasteiger partial charge is 0.301 e. The van der Waals surface area contributed by atoms with Gasteiger partial charge in [0.25, 0.3) is 0 Å². The number of carbonyl (C=O) groups excluding carboxylic acids is 1. The highest BCUT2D eigenvalue weighted by Gasteiger charge is 2.31. The molecule has 19 heavy (non-hydrogen) atoms. The van der Waals surface area contributed by atoms with E-state index in [-0.39, 0.29) is 0 Å². The second-order valence-corrected chi connectivity index (χ2v) is 6.36. The molecule has 0 radical (unpaired) electrons. The molecule has 1 heterocycles. The lowest BCUT2D eigenvalue weighted by molar-refractivity contribution is -0.121. The van der Waals surface area contributed by atoms with E-state index in [0.29, 0.717) is 17.9 Å². The van der Waals surface area contributed by atoms with Crippen molar-refractivity contribution >= 4 is 5.78 Å². The van der Waals surface area contributed by atoms with E-state index in [2.05, 4.69) is 23.6 Å². The number of nitrogens with zero attached hydrogens (tertiary/aromatic N) is 2. The molecule has 1 unspecified atom stereocenters. The third-order valence-corrected chi connectivity index (χ3v) is 4.82. The zero-order valence-corrected chi connectivity index (χ0v) is 12.7. The van der Waals surface area contributed by atoms with E-state index in [1.807, 2.05) is 0 Å². The lowest BCUT2D eigenvalue weighted by Crippen LogP contribution is -2.56. The van der Waals surface area contributed by atoms with Crippen LogP contribution >= 0.6 is 0 Å². The van der Waals surface area contributed by atoms with E-state index in [9.17, 15) is 4.79 Å². The number of hydrogen-bond acceptors (Lipinski definition) is 3. The average Bonchev–Trinajstić information content (AvgIpc) is 2.41. The van der Waals surface area contributed by atoms with E-state index >= 15 is 0 Å². The molecule has 110 valence electrons. The third-order valence-electron chi connectivity index (χ3n) is 4.82. The normalized spacial score (nSPS) is 27.9. The number of unbranched alkanes of at least 4 members (excludes halogenated alkanes) is 2. The maximum Gasteiger partial charge on any atom is 0.133 e. The Hall–Kier alpha value is -0.410. The Labute approximate surface area is 118 Å². The fraction of sp³-hybridized carbons (Fsp3) is 0.938. The van der Waals surface area contributed by atoms with Gasteiger partial charge in [0.1, 0.15) is 5.78 Å². The second-order valence-electron chi connectivity index (χ2n) is 6.36. The van der Waals surface area contributed by atoms with E-state index in [1.54, 1.807) is 0 Å². The molecule has 1 saturated heterocycles. The Kier molecular flexibility index (Phi) is 5.83. The first-order chi connectivity index (χ1) is 9.20. The quantitative estimate of drug-likeness (QED) is 0.715. The summed E-state index contributed by atoms with van der Waals surface area (Å²) in [5, 5.41) is 0. The van der Waals surface area contributed by atoms with Gasteiger partial charge in [0.05, 0.1) is 0 Å². The van der Waals surface area contributed by atoms with Crippen molar-refractivity contribution in [2.24, 2.45) is 0 Å². The Bertz CT molecular complexity index is 282. The summed E-state index contributed by atoms with van der Waals surface area (Å²) in [4.78, 5) is 16.6. The van der Waals surface area contributed by atoms with Crippen molar-refractivity contribution in [3.63, 3.8) is 0 Å². The van der Waals surface area contributed by atoms with Crippen molar-refractivity contribution in [2.45, 2.75) is 70.9 Å². The fourth-order valence-electron chi connectivity index (χ4n) is 3.63. The van der Waals surface area contributed by atoms with Crippen LogP contribution in [0, 0.1) is 0 Å². The molecule has 0 bridgehead atoms. The van der Waals surface area contributed by atoms with Gasteiger partial charge in [-0.25, -0.2) is 0 Å². The van der Waals surface area contributed by atoms with Gasteiger partial charge in [0.15, 0.2) is 0 Å². The molecule has 0 aromatic heterocycles. The number of hydrogen-bond donors (Lipinski definition) is 0. The Morgan fingerprint density at radius 2 is 1.89 bits per heavy atom. The van der Waals surface area contributed by atoms with Crippen LogP contribution in [0.1, 0.15) is 58.8 Å². The molecule has 0 N–H and O–H groups in total. The molecule has 1 saturated carbocycles. The van der Waals surface area contributed by atoms with Gasteiger partial charge in [-0.2, -0.15) is 0 Å². The second kappa shape index (κ2) is 7.39. The van der Waals surface area contributed by atoms with Gasteiger partial charge in [0, 0.05) is 44.6 Å². The minimum Gasteiger partial charge on any atom is -0.301 e. The smallest absolute Gasteiger partial charge is 0.133 e. The van der Waals surface area contributed by atoms with Crippen molar-refractivity contribution < 1.29 is 4.79 Å². The highest BCUT2D eigenvalue weighted by atomic mass is 16.1. The summed E-state index contributed by atoms with van der Waals surface area (Å²) < 4.78 is 0. The van der Waals surface area contributed by atoms with Crippen molar-refractivity contribution in [2.75, 3.05) is 26.2 Å². The highest BCUT2D eigenvalue weighted by Crippen LogP contribution is 2.24. The first-order valence-corrected chi connectivity index (χ1v) is 8.20. The van der Waals surface area contributed by atoms with Gasteiger partial charge in [-0.05, 0) is 32.7 Å². The van der Waals surface area contributed by atoms with Crippen molar-refractivity contribution in [3.05, 3.63) is 0 Å².